The molecule has 1 aromatic carbocycles. The third-order valence-corrected chi connectivity index (χ3v) is 4.29. The fourth-order valence-corrected chi connectivity index (χ4v) is 3.10. The van der Waals surface area contributed by atoms with E-state index in [1.54, 1.807) is 7.11 Å². The molecule has 2 unspecified atom stereocenters. The minimum Gasteiger partial charge on any atom is -0.389 e. The quantitative estimate of drug-likeness (QED) is 0.804. The zero-order valence-corrected chi connectivity index (χ0v) is 13.8. The van der Waals surface area contributed by atoms with Gasteiger partial charge in [0.2, 0.25) is 0 Å². The number of hydrogen-bond donors (Lipinski definition) is 2. The van der Waals surface area contributed by atoms with Crippen LogP contribution in [0.1, 0.15) is 31.4 Å². The van der Waals surface area contributed by atoms with Crippen molar-refractivity contribution in [3.05, 3.63) is 35.4 Å². The molecule has 0 amide bonds. The van der Waals surface area contributed by atoms with Crippen LogP contribution in [0.3, 0.4) is 0 Å². The van der Waals surface area contributed by atoms with Crippen LogP contribution in [0.4, 0.5) is 8.78 Å². The first-order chi connectivity index (χ1) is 11.0. The van der Waals surface area contributed by atoms with E-state index >= 15 is 0 Å². The molecule has 0 spiro atoms. The Kier molecular flexibility index (Phi) is 6.89. The fraction of sp³-hybridized carbons (Fsp3) is 0.647. The van der Waals surface area contributed by atoms with Crippen LogP contribution in [-0.2, 0) is 4.74 Å². The molecule has 1 aliphatic heterocycles. The highest BCUT2D eigenvalue weighted by molar-refractivity contribution is 5.21. The molecular formula is C17H26F2N2O2. The van der Waals surface area contributed by atoms with Crippen molar-refractivity contribution in [2.75, 3.05) is 33.4 Å². The number of β-amino-alcohol motifs (C(OH)–C–C–N with tert-alkyl or cyclic N) is 1. The number of nitrogens with zero attached hydrogens (tertiary/aromatic N) is 1. The molecule has 0 aliphatic carbocycles. The summed E-state index contributed by atoms with van der Waals surface area (Å²) < 4.78 is 31.5. The molecule has 6 heteroatoms. The maximum atomic E-state index is 13.3. The standard InChI is InChI=1S/C17H26F2N2O2/c1-12(13-7-14(18)9-15(19)8-13)20-16-3-5-21(6-4-16)10-17(22)11-23-2/h7-9,12,16-17,20,22H,3-6,10-11H2,1-2H3. The van der Waals surface area contributed by atoms with Crippen molar-refractivity contribution >= 4 is 0 Å². The van der Waals surface area contributed by atoms with E-state index in [0.29, 0.717) is 24.8 Å². The van der Waals surface area contributed by atoms with Crippen molar-refractivity contribution < 1.29 is 18.6 Å². The first-order valence-electron chi connectivity index (χ1n) is 8.09. The van der Waals surface area contributed by atoms with Crippen molar-refractivity contribution in [1.29, 1.82) is 0 Å². The first-order valence-corrected chi connectivity index (χ1v) is 8.09. The van der Waals surface area contributed by atoms with Gasteiger partial charge in [0.25, 0.3) is 0 Å². The highest BCUT2D eigenvalue weighted by Gasteiger charge is 2.22. The second-order valence-corrected chi connectivity index (χ2v) is 6.28. The van der Waals surface area contributed by atoms with Crippen molar-refractivity contribution in [2.24, 2.45) is 0 Å². The number of aliphatic hydroxyl groups excluding tert-OH is 1. The van der Waals surface area contributed by atoms with Gasteiger partial charge in [-0.3, -0.25) is 0 Å². The Hall–Kier alpha value is -1.08. The predicted molar refractivity (Wildman–Crippen MR) is 85.3 cm³/mol. The number of methoxy groups -OCH3 is 1. The van der Waals surface area contributed by atoms with Gasteiger partial charge in [-0.05, 0) is 50.6 Å². The number of ether oxygens (including phenoxy) is 1. The monoisotopic (exact) mass is 328 g/mol. The van der Waals surface area contributed by atoms with Crippen LogP contribution in [0.15, 0.2) is 18.2 Å². The largest absolute Gasteiger partial charge is 0.389 e. The molecule has 4 nitrogen and oxygen atoms in total. The number of halogens is 2. The van der Waals surface area contributed by atoms with E-state index in [1.807, 2.05) is 6.92 Å². The van der Waals surface area contributed by atoms with E-state index in [-0.39, 0.29) is 6.04 Å². The van der Waals surface area contributed by atoms with E-state index in [4.69, 9.17) is 4.74 Å². The van der Waals surface area contributed by atoms with Gasteiger partial charge in [0, 0.05) is 31.8 Å². The normalized spacial score (nSPS) is 19.7. The zero-order chi connectivity index (χ0) is 16.8. The Morgan fingerprint density at radius 2 is 1.87 bits per heavy atom. The average molecular weight is 328 g/mol. The third-order valence-electron chi connectivity index (χ3n) is 4.29. The molecule has 130 valence electrons. The molecule has 1 aliphatic rings. The van der Waals surface area contributed by atoms with E-state index in [1.165, 1.54) is 12.1 Å². The lowest BCUT2D eigenvalue weighted by Gasteiger charge is -2.34. The minimum absolute atomic E-state index is 0.101. The second-order valence-electron chi connectivity index (χ2n) is 6.28. The van der Waals surface area contributed by atoms with E-state index in [9.17, 15) is 13.9 Å². The van der Waals surface area contributed by atoms with Gasteiger partial charge in [0.15, 0.2) is 0 Å². The van der Waals surface area contributed by atoms with Crippen LogP contribution in [-0.4, -0.2) is 55.5 Å². The summed E-state index contributed by atoms with van der Waals surface area (Å²) in [5, 5.41) is 13.2. The van der Waals surface area contributed by atoms with E-state index < -0.39 is 17.7 Å². The van der Waals surface area contributed by atoms with Gasteiger partial charge in [-0.25, -0.2) is 8.78 Å². The average Bonchev–Trinajstić information content (AvgIpc) is 2.48. The molecule has 1 aromatic rings. The molecule has 2 atom stereocenters. The summed E-state index contributed by atoms with van der Waals surface area (Å²) in [6, 6.07) is 3.84. The summed E-state index contributed by atoms with van der Waals surface area (Å²) in [5.74, 6) is -1.09. The Morgan fingerprint density at radius 1 is 1.26 bits per heavy atom. The molecule has 2 N–H and O–H groups in total. The zero-order valence-electron chi connectivity index (χ0n) is 13.8. The molecule has 23 heavy (non-hydrogen) atoms. The second kappa shape index (κ2) is 8.68. The van der Waals surface area contributed by atoms with Crippen molar-refractivity contribution in [2.45, 2.75) is 38.0 Å². The molecule has 0 radical (unpaired) electrons. The number of aliphatic hydroxyl groups is 1. The Labute approximate surface area is 136 Å². The number of piperidine rings is 1. The number of hydrogen-bond acceptors (Lipinski definition) is 4. The summed E-state index contributed by atoms with van der Waals surface area (Å²) in [6.45, 7) is 4.67. The Bertz CT molecular complexity index is 473. The number of rotatable bonds is 7. The van der Waals surface area contributed by atoms with Crippen molar-refractivity contribution in [3.8, 4) is 0 Å². The van der Waals surface area contributed by atoms with Gasteiger partial charge in [-0.1, -0.05) is 0 Å². The minimum atomic E-state index is -0.546. The number of likely N-dealkylation sites (tertiary alicyclic amines) is 1. The molecule has 0 aromatic heterocycles. The SMILES string of the molecule is COCC(O)CN1CCC(NC(C)c2cc(F)cc(F)c2)CC1. The summed E-state index contributed by atoms with van der Waals surface area (Å²) in [4.78, 5) is 2.22. The number of benzene rings is 1. The third kappa shape index (κ3) is 5.80. The highest BCUT2D eigenvalue weighted by atomic mass is 19.1. The van der Waals surface area contributed by atoms with Crippen LogP contribution in [0.25, 0.3) is 0 Å². The van der Waals surface area contributed by atoms with Crippen LogP contribution >= 0.6 is 0 Å². The van der Waals surface area contributed by atoms with Gasteiger partial charge in [0.1, 0.15) is 11.6 Å². The van der Waals surface area contributed by atoms with Gasteiger partial charge in [-0.2, -0.15) is 0 Å². The molecule has 1 fully saturated rings. The summed E-state index contributed by atoms with van der Waals surface area (Å²) in [7, 11) is 1.58. The Balaban J connectivity index is 1.79. The summed E-state index contributed by atoms with van der Waals surface area (Å²) in [6.07, 6.45) is 1.43. The summed E-state index contributed by atoms with van der Waals surface area (Å²) >= 11 is 0. The topological polar surface area (TPSA) is 44.7 Å². The van der Waals surface area contributed by atoms with Gasteiger partial charge >= 0.3 is 0 Å². The summed E-state index contributed by atoms with van der Waals surface area (Å²) in [5.41, 5.74) is 0.625. The maximum Gasteiger partial charge on any atom is 0.126 e. The van der Waals surface area contributed by atoms with Crippen LogP contribution in [0.2, 0.25) is 0 Å². The smallest absolute Gasteiger partial charge is 0.126 e. The molecule has 2 rings (SSSR count). The van der Waals surface area contributed by atoms with Gasteiger partial charge in [-0.15, -0.1) is 0 Å². The van der Waals surface area contributed by atoms with Crippen molar-refractivity contribution in [3.63, 3.8) is 0 Å². The maximum absolute atomic E-state index is 13.3. The molecule has 0 saturated carbocycles. The van der Waals surface area contributed by atoms with Crippen LogP contribution in [0.5, 0.6) is 0 Å². The molecule has 1 heterocycles. The lowest BCUT2D eigenvalue weighted by atomic mass is 10.0. The van der Waals surface area contributed by atoms with Crippen LogP contribution in [0, 0.1) is 11.6 Å². The molecule has 0 bridgehead atoms. The lowest BCUT2D eigenvalue weighted by molar-refractivity contribution is 0.0308. The van der Waals surface area contributed by atoms with Gasteiger partial charge in [0.05, 0.1) is 12.7 Å². The fourth-order valence-electron chi connectivity index (χ4n) is 3.10. The highest BCUT2D eigenvalue weighted by Crippen LogP contribution is 2.19. The van der Waals surface area contributed by atoms with Gasteiger partial charge < -0.3 is 20.1 Å². The number of nitrogens with one attached hydrogen (secondary N) is 1. The van der Waals surface area contributed by atoms with Crippen molar-refractivity contribution in [1.82, 2.24) is 10.2 Å². The molecular weight excluding hydrogens is 302 g/mol. The first kappa shape index (κ1) is 18.3. The van der Waals surface area contributed by atoms with Crippen LogP contribution < -0.4 is 5.32 Å². The van der Waals surface area contributed by atoms with E-state index in [2.05, 4.69) is 10.2 Å². The Morgan fingerprint density at radius 3 is 2.43 bits per heavy atom. The molecule has 1 saturated heterocycles. The van der Waals surface area contributed by atoms with E-state index in [0.717, 1.165) is 32.0 Å². The predicted octanol–water partition coefficient (Wildman–Crippen LogP) is 2.09. The lowest BCUT2D eigenvalue weighted by Crippen LogP contribution is -2.46.